The molecule has 1 amide bonds. The lowest BCUT2D eigenvalue weighted by molar-refractivity contribution is -0.128. The molecule has 0 saturated carbocycles. The van der Waals surface area contributed by atoms with Crippen molar-refractivity contribution in [3.8, 4) is 0 Å². The molecule has 1 fully saturated rings. The summed E-state index contributed by atoms with van der Waals surface area (Å²) in [4.78, 5) is 14.7. The summed E-state index contributed by atoms with van der Waals surface area (Å²) in [6.45, 7) is 2.96. The summed E-state index contributed by atoms with van der Waals surface area (Å²) in [5.41, 5.74) is 1.58. The van der Waals surface area contributed by atoms with Crippen molar-refractivity contribution >= 4 is 38.6 Å². The van der Waals surface area contributed by atoms with Gasteiger partial charge in [-0.15, -0.1) is 0 Å². The van der Waals surface area contributed by atoms with Gasteiger partial charge in [-0.25, -0.2) is 0 Å². The quantitative estimate of drug-likeness (QED) is 0.792. The summed E-state index contributed by atoms with van der Waals surface area (Å²) in [6.07, 6.45) is 0. The van der Waals surface area contributed by atoms with Crippen LogP contribution in [0.25, 0.3) is 21.9 Å². The molecule has 1 N–H and O–H groups in total. The fraction of sp³-hybridized carbons (Fsp3) is 0.278. The van der Waals surface area contributed by atoms with Crippen LogP contribution < -0.4 is 5.32 Å². The third-order valence-corrected chi connectivity index (χ3v) is 5.62. The minimum Gasteiger partial charge on any atom is -0.456 e. The maximum atomic E-state index is 12.6. The number of furan rings is 1. The molecule has 5 nitrogen and oxygen atoms in total. The Bertz CT molecular complexity index is 928. The minimum absolute atomic E-state index is 0.0291. The van der Waals surface area contributed by atoms with Crippen molar-refractivity contribution in [1.82, 2.24) is 10.2 Å². The molecule has 0 aliphatic carbocycles. The Kier molecular flexibility index (Phi) is 4.08. The van der Waals surface area contributed by atoms with Gasteiger partial charge in [0.05, 0.1) is 10.8 Å². The van der Waals surface area contributed by atoms with E-state index in [1.54, 1.807) is 11.0 Å². The molecule has 1 unspecified atom stereocenters. The van der Waals surface area contributed by atoms with Crippen molar-refractivity contribution in [2.75, 3.05) is 31.9 Å². The van der Waals surface area contributed by atoms with Gasteiger partial charge in [0.25, 0.3) is 0 Å². The Morgan fingerprint density at radius 3 is 2.67 bits per heavy atom. The second kappa shape index (κ2) is 6.37. The van der Waals surface area contributed by atoms with Crippen LogP contribution in [0.4, 0.5) is 0 Å². The van der Waals surface area contributed by atoms with Crippen molar-refractivity contribution in [2.45, 2.75) is 4.90 Å². The van der Waals surface area contributed by atoms with E-state index in [1.807, 2.05) is 36.4 Å². The molecule has 6 heteroatoms. The molecular formula is C18H18N2O3S. The lowest BCUT2D eigenvalue weighted by Crippen LogP contribution is -2.47. The van der Waals surface area contributed by atoms with Crippen LogP contribution in [0.2, 0.25) is 0 Å². The number of piperazine rings is 1. The summed E-state index contributed by atoms with van der Waals surface area (Å²) in [7, 11) is -1.35. The van der Waals surface area contributed by atoms with Gasteiger partial charge in [0.2, 0.25) is 5.91 Å². The number of carbonyl (C=O) groups is 1. The second-order valence-electron chi connectivity index (χ2n) is 5.88. The summed E-state index contributed by atoms with van der Waals surface area (Å²) in [6, 6.07) is 13.3. The van der Waals surface area contributed by atoms with Crippen LogP contribution >= 0.6 is 0 Å². The first-order chi connectivity index (χ1) is 11.7. The summed E-state index contributed by atoms with van der Waals surface area (Å²) in [5, 5.41) is 5.14. The van der Waals surface area contributed by atoms with Crippen molar-refractivity contribution < 1.29 is 13.4 Å². The molecule has 2 aromatic carbocycles. The molecule has 4 rings (SSSR count). The zero-order chi connectivity index (χ0) is 16.5. The van der Waals surface area contributed by atoms with Gasteiger partial charge >= 0.3 is 0 Å². The highest BCUT2D eigenvalue weighted by Gasteiger charge is 2.19. The number of fused-ring (bicyclic) bond motifs is 3. The number of hydrogen-bond donors (Lipinski definition) is 1. The zero-order valence-electron chi connectivity index (χ0n) is 13.2. The van der Waals surface area contributed by atoms with Crippen molar-refractivity contribution in [3.63, 3.8) is 0 Å². The van der Waals surface area contributed by atoms with Crippen LogP contribution in [-0.4, -0.2) is 46.9 Å². The van der Waals surface area contributed by atoms with Gasteiger partial charge in [0.15, 0.2) is 0 Å². The molecule has 0 bridgehead atoms. The van der Waals surface area contributed by atoms with Crippen LogP contribution in [0.1, 0.15) is 0 Å². The number of nitrogens with zero attached hydrogens (tertiary/aromatic N) is 1. The lowest BCUT2D eigenvalue weighted by atomic mass is 10.1. The predicted octanol–water partition coefficient (Wildman–Crippen LogP) is 2.13. The monoisotopic (exact) mass is 342 g/mol. The van der Waals surface area contributed by atoms with Crippen LogP contribution in [-0.2, 0) is 15.6 Å². The first-order valence-corrected chi connectivity index (χ1v) is 9.32. The molecule has 24 heavy (non-hydrogen) atoms. The third-order valence-electron chi connectivity index (χ3n) is 4.34. The first kappa shape index (κ1) is 15.4. The molecule has 0 radical (unpaired) electrons. The number of carbonyl (C=O) groups excluding carboxylic acids is 1. The largest absolute Gasteiger partial charge is 0.456 e. The molecule has 1 aliphatic heterocycles. The summed E-state index contributed by atoms with van der Waals surface area (Å²) < 4.78 is 18.4. The Morgan fingerprint density at radius 1 is 1.08 bits per heavy atom. The maximum Gasteiger partial charge on any atom is 0.235 e. The Morgan fingerprint density at radius 2 is 1.83 bits per heavy atom. The van der Waals surface area contributed by atoms with Gasteiger partial charge < -0.3 is 14.6 Å². The van der Waals surface area contributed by atoms with Crippen molar-refractivity contribution in [3.05, 3.63) is 42.5 Å². The lowest BCUT2D eigenvalue weighted by Gasteiger charge is -2.27. The van der Waals surface area contributed by atoms with Gasteiger partial charge in [0, 0.05) is 41.8 Å². The number of amides is 1. The molecule has 3 aromatic rings. The molecule has 1 aromatic heterocycles. The number of para-hydroxylation sites is 1. The Labute approximate surface area is 142 Å². The van der Waals surface area contributed by atoms with Crippen LogP contribution in [0.5, 0.6) is 0 Å². The molecule has 124 valence electrons. The average molecular weight is 342 g/mol. The molecule has 1 saturated heterocycles. The zero-order valence-corrected chi connectivity index (χ0v) is 14.0. The SMILES string of the molecule is O=C(CS(=O)c1ccc2oc3ccccc3c2c1)N1CCNCC1. The number of rotatable bonds is 3. The fourth-order valence-electron chi connectivity index (χ4n) is 3.05. The summed E-state index contributed by atoms with van der Waals surface area (Å²) >= 11 is 0. The fourth-order valence-corrected chi connectivity index (χ4v) is 4.09. The molecule has 2 heterocycles. The minimum atomic E-state index is -1.35. The molecular weight excluding hydrogens is 324 g/mol. The van der Waals surface area contributed by atoms with Crippen LogP contribution in [0.3, 0.4) is 0 Å². The van der Waals surface area contributed by atoms with E-state index in [0.29, 0.717) is 18.0 Å². The molecule has 0 spiro atoms. The van der Waals surface area contributed by atoms with E-state index < -0.39 is 10.8 Å². The smallest absolute Gasteiger partial charge is 0.235 e. The van der Waals surface area contributed by atoms with E-state index in [9.17, 15) is 9.00 Å². The van der Waals surface area contributed by atoms with E-state index in [0.717, 1.165) is 35.0 Å². The van der Waals surface area contributed by atoms with Crippen LogP contribution in [0.15, 0.2) is 51.8 Å². The van der Waals surface area contributed by atoms with Gasteiger partial charge in [-0.05, 0) is 24.3 Å². The third kappa shape index (κ3) is 2.83. The van der Waals surface area contributed by atoms with E-state index in [4.69, 9.17) is 4.42 Å². The van der Waals surface area contributed by atoms with E-state index >= 15 is 0 Å². The highest BCUT2D eigenvalue weighted by atomic mass is 32.2. The molecule has 1 atom stereocenters. The van der Waals surface area contributed by atoms with Crippen LogP contribution in [0, 0.1) is 0 Å². The number of hydrogen-bond acceptors (Lipinski definition) is 4. The van der Waals surface area contributed by atoms with E-state index in [-0.39, 0.29) is 11.7 Å². The second-order valence-corrected chi connectivity index (χ2v) is 7.33. The highest BCUT2D eigenvalue weighted by Crippen LogP contribution is 2.29. The Balaban J connectivity index is 1.59. The topological polar surface area (TPSA) is 62.6 Å². The van der Waals surface area contributed by atoms with Gasteiger partial charge in [-0.3, -0.25) is 9.00 Å². The molecule has 1 aliphatic rings. The van der Waals surface area contributed by atoms with Gasteiger partial charge in [-0.2, -0.15) is 0 Å². The first-order valence-electron chi connectivity index (χ1n) is 8.00. The van der Waals surface area contributed by atoms with Crippen molar-refractivity contribution in [2.24, 2.45) is 0 Å². The maximum absolute atomic E-state index is 12.6. The predicted molar refractivity (Wildman–Crippen MR) is 94.4 cm³/mol. The van der Waals surface area contributed by atoms with Gasteiger partial charge in [-0.1, -0.05) is 18.2 Å². The summed E-state index contributed by atoms with van der Waals surface area (Å²) in [5.74, 6) is -0.0200. The van der Waals surface area contributed by atoms with E-state index in [1.165, 1.54) is 0 Å². The normalized spacial score (nSPS) is 16.6. The average Bonchev–Trinajstić information content (AvgIpc) is 3.00. The number of nitrogens with one attached hydrogen (secondary N) is 1. The standard InChI is InChI=1S/C18H18N2O3S/c21-18(20-9-7-19-8-10-20)12-24(22)13-5-6-17-15(11-13)14-3-1-2-4-16(14)23-17/h1-6,11,19H,7-10,12H2. The number of benzene rings is 2. The van der Waals surface area contributed by atoms with Gasteiger partial charge in [0.1, 0.15) is 16.9 Å². The Hall–Kier alpha value is -2.18. The highest BCUT2D eigenvalue weighted by molar-refractivity contribution is 7.85. The van der Waals surface area contributed by atoms with E-state index in [2.05, 4.69) is 5.32 Å². The van der Waals surface area contributed by atoms with Crippen molar-refractivity contribution in [1.29, 1.82) is 0 Å².